The first-order valence-electron chi connectivity index (χ1n) is 6.60. The molecule has 1 heterocycles. The molecule has 100 valence electrons. The molecule has 3 aromatic rings. The minimum atomic E-state index is 0.759. The molecule has 0 spiro atoms. The van der Waals surface area contributed by atoms with Gasteiger partial charge in [-0.05, 0) is 36.8 Å². The second-order valence-corrected chi connectivity index (χ2v) is 4.94. The summed E-state index contributed by atoms with van der Waals surface area (Å²) in [5, 5.41) is 2.11. The number of aromatic nitrogens is 1. The Hall–Kier alpha value is -2.55. The van der Waals surface area contributed by atoms with Crippen LogP contribution < -0.4 is 10.6 Å². The van der Waals surface area contributed by atoms with Gasteiger partial charge in [-0.15, -0.1) is 0 Å². The van der Waals surface area contributed by atoms with Crippen molar-refractivity contribution < 1.29 is 0 Å². The monoisotopic (exact) mass is 263 g/mol. The van der Waals surface area contributed by atoms with E-state index in [-0.39, 0.29) is 0 Å². The third-order valence-electron chi connectivity index (χ3n) is 3.67. The fraction of sp³-hybridized carbons (Fsp3) is 0.118. The number of fused-ring (bicyclic) bond motifs is 1. The lowest BCUT2D eigenvalue weighted by atomic mass is 10.1. The molecule has 1 aromatic heterocycles. The molecule has 0 unspecified atom stereocenters. The van der Waals surface area contributed by atoms with Gasteiger partial charge in [0.25, 0.3) is 0 Å². The van der Waals surface area contributed by atoms with Crippen LogP contribution in [0.1, 0.15) is 5.56 Å². The highest BCUT2D eigenvalue weighted by Crippen LogP contribution is 2.34. The summed E-state index contributed by atoms with van der Waals surface area (Å²) in [5.74, 6) is 0. The SMILES string of the molecule is Cc1ccccc1N(C)c1ccc(N)c2cnccc12. The van der Waals surface area contributed by atoms with Crippen LogP contribution >= 0.6 is 0 Å². The van der Waals surface area contributed by atoms with Gasteiger partial charge in [0.1, 0.15) is 0 Å². The largest absolute Gasteiger partial charge is 0.398 e. The van der Waals surface area contributed by atoms with Gasteiger partial charge in [-0.2, -0.15) is 0 Å². The number of nitrogens with zero attached hydrogens (tertiary/aromatic N) is 2. The van der Waals surface area contributed by atoms with Crippen LogP contribution in [0.25, 0.3) is 10.8 Å². The van der Waals surface area contributed by atoms with Gasteiger partial charge in [-0.3, -0.25) is 4.98 Å². The van der Waals surface area contributed by atoms with Crippen LogP contribution in [0.2, 0.25) is 0 Å². The summed E-state index contributed by atoms with van der Waals surface area (Å²) in [6, 6.07) is 14.4. The molecular formula is C17H17N3. The highest BCUT2D eigenvalue weighted by molar-refractivity contribution is 6.02. The van der Waals surface area contributed by atoms with Gasteiger partial charge >= 0.3 is 0 Å². The van der Waals surface area contributed by atoms with Crippen molar-refractivity contribution in [1.29, 1.82) is 0 Å². The van der Waals surface area contributed by atoms with Gasteiger partial charge in [-0.1, -0.05) is 18.2 Å². The van der Waals surface area contributed by atoms with Crippen LogP contribution in [0, 0.1) is 6.92 Å². The first-order valence-corrected chi connectivity index (χ1v) is 6.60. The maximum absolute atomic E-state index is 6.04. The number of para-hydroxylation sites is 1. The zero-order valence-electron chi connectivity index (χ0n) is 11.7. The molecule has 20 heavy (non-hydrogen) atoms. The smallest absolute Gasteiger partial charge is 0.0490 e. The van der Waals surface area contributed by atoms with Gasteiger partial charge in [-0.25, -0.2) is 0 Å². The van der Waals surface area contributed by atoms with Crippen molar-refractivity contribution in [3.05, 3.63) is 60.4 Å². The van der Waals surface area contributed by atoms with Crippen molar-refractivity contribution in [3.63, 3.8) is 0 Å². The Labute approximate surface area is 118 Å². The molecule has 0 atom stereocenters. The van der Waals surface area contributed by atoms with Crippen LogP contribution in [0.3, 0.4) is 0 Å². The number of pyridine rings is 1. The molecule has 3 rings (SSSR count). The van der Waals surface area contributed by atoms with Gasteiger partial charge in [0.2, 0.25) is 0 Å². The highest BCUT2D eigenvalue weighted by Gasteiger charge is 2.11. The van der Waals surface area contributed by atoms with Gasteiger partial charge in [0.15, 0.2) is 0 Å². The molecule has 0 bridgehead atoms. The summed E-state index contributed by atoms with van der Waals surface area (Å²) in [4.78, 5) is 6.36. The predicted molar refractivity (Wildman–Crippen MR) is 85.4 cm³/mol. The topological polar surface area (TPSA) is 42.1 Å². The molecule has 0 fully saturated rings. The predicted octanol–water partition coefficient (Wildman–Crippen LogP) is 3.89. The second-order valence-electron chi connectivity index (χ2n) is 4.94. The van der Waals surface area contributed by atoms with Gasteiger partial charge < -0.3 is 10.6 Å². The number of nitrogen functional groups attached to an aromatic ring is 1. The summed E-state index contributed by atoms with van der Waals surface area (Å²) >= 11 is 0. The first-order chi connectivity index (χ1) is 9.68. The van der Waals surface area contributed by atoms with Gasteiger partial charge in [0.05, 0.1) is 0 Å². The van der Waals surface area contributed by atoms with E-state index < -0.39 is 0 Å². The summed E-state index contributed by atoms with van der Waals surface area (Å²) in [7, 11) is 2.08. The van der Waals surface area contributed by atoms with Crippen LogP contribution in [-0.4, -0.2) is 12.0 Å². The third-order valence-corrected chi connectivity index (χ3v) is 3.67. The van der Waals surface area contributed by atoms with Crippen molar-refractivity contribution in [2.24, 2.45) is 0 Å². The quantitative estimate of drug-likeness (QED) is 0.713. The van der Waals surface area contributed by atoms with Gasteiger partial charge in [0, 0.05) is 47.3 Å². The Morgan fingerprint density at radius 3 is 2.55 bits per heavy atom. The van der Waals surface area contributed by atoms with Crippen molar-refractivity contribution in [2.75, 3.05) is 17.7 Å². The molecule has 0 aliphatic heterocycles. The average Bonchev–Trinajstić information content (AvgIpc) is 2.48. The Morgan fingerprint density at radius 2 is 1.75 bits per heavy atom. The van der Waals surface area contributed by atoms with E-state index in [0.717, 1.165) is 22.1 Å². The number of hydrogen-bond donors (Lipinski definition) is 1. The Balaban J connectivity index is 2.20. The third kappa shape index (κ3) is 1.97. The maximum atomic E-state index is 6.04. The number of anilines is 3. The lowest BCUT2D eigenvalue weighted by molar-refractivity contribution is 1.19. The van der Waals surface area contributed by atoms with E-state index in [0.29, 0.717) is 0 Å². The van der Waals surface area contributed by atoms with E-state index in [1.165, 1.54) is 11.3 Å². The Kier molecular flexibility index (Phi) is 3.03. The van der Waals surface area contributed by atoms with Crippen LogP contribution in [0.5, 0.6) is 0 Å². The zero-order chi connectivity index (χ0) is 14.1. The Bertz CT molecular complexity index is 765. The molecule has 0 aliphatic rings. The average molecular weight is 263 g/mol. The maximum Gasteiger partial charge on any atom is 0.0490 e. The molecule has 3 heteroatoms. The Morgan fingerprint density at radius 1 is 0.950 bits per heavy atom. The first kappa shape index (κ1) is 12.5. The van der Waals surface area contributed by atoms with E-state index in [1.807, 2.05) is 18.3 Å². The van der Waals surface area contributed by atoms with Crippen LogP contribution in [0.4, 0.5) is 17.1 Å². The van der Waals surface area contributed by atoms with Crippen LogP contribution in [-0.2, 0) is 0 Å². The van der Waals surface area contributed by atoms with Crippen molar-refractivity contribution in [2.45, 2.75) is 6.92 Å². The molecular weight excluding hydrogens is 246 g/mol. The summed E-state index contributed by atoms with van der Waals surface area (Å²) in [6.45, 7) is 2.12. The number of aryl methyl sites for hydroxylation is 1. The number of hydrogen-bond acceptors (Lipinski definition) is 3. The van der Waals surface area contributed by atoms with Crippen molar-refractivity contribution >= 4 is 27.8 Å². The normalized spacial score (nSPS) is 10.7. The highest BCUT2D eigenvalue weighted by atomic mass is 15.1. The standard InChI is InChI=1S/C17H17N3/c1-12-5-3-4-6-16(12)20(2)17-8-7-15(18)14-11-19-10-9-13(14)17/h3-11H,18H2,1-2H3. The summed E-state index contributed by atoms with van der Waals surface area (Å²) in [6.07, 6.45) is 3.62. The number of nitrogens with two attached hydrogens (primary N) is 1. The molecule has 0 saturated carbocycles. The summed E-state index contributed by atoms with van der Waals surface area (Å²) in [5.41, 5.74) is 10.4. The minimum Gasteiger partial charge on any atom is -0.398 e. The molecule has 0 saturated heterocycles. The fourth-order valence-electron chi connectivity index (χ4n) is 2.56. The minimum absolute atomic E-state index is 0.759. The van der Waals surface area contributed by atoms with Crippen molar-refractivity contribution in [3.8, 4) is 0 Å². The fourth-order valence-corrected chi connectivity index (χ4v) is 2.56. The van der Waals surface area contributed by atoms with E-state index in [4.69, 9.17) is 5.73 Å². The van der Waals surface area contributed by atoms with Crippen molar-refractivity contribution in [1.82, 2.24) is 4.98 Å². The number of benzene rings is 2. The summed E-state index contributed by atoms with van der Waals surface area (Å²) < 4.78 is 0. The molecule has 3 nitrogen and oxygen atoms in total. The zero-order valence-corrected chi connectivity index (χ0v) is 11.7. The van der Waals surface area contributed by atoms with E-state index in [1.54, 1.807) is 6.20 Å². The van der Waals surface area contributed by atoms with E-state index in [9.17, 15) is 0 Å². The number of rotatable bonds is 2. The van der Waals surface area contributed by atoms with E-state index >= 15 is 0 Å². The van der Waals surface area contributed by atoms with E-state index in [2.05, 4.69) is 54.2 Å². The molecule has 2 aromatic carbocycles. The van der Waals surface area contributed by atoms with Crippen LogP contribution in [0.15, 0.2) is 54.9 Å². The molecule has 2 N–H and O–H groups in total. The second kappa shape index (κ2) is 4.85. The molecule has 0 amide bonds. The molecule has 0 radical (unpaired) electrons. The lowest BCUT2D eigenvalue weighted by Gasteiger charge is -2.23. The lowest BCUT2D eigenvalue weighted by Crippen LogP contribution is -2.11. The molecule has 0 aliphatic carbocycles.